The van der Waals surface area contributed by atoms with Gasteiger partial charge in [0, 0.05) is 12.4 Å². The van der Waals surface area contributed by atoms with Crippen LogP contribution in [0.4, 0.5) is 5.69 Å². The highest BCUT2D eigenvalue weighted by Crippen LogP contribution is 2.20. The van der Waals surface area contributed by atoms with Gasteiger partial charge in [-0.1, -0.05) is 13.3 Å². The van der Waals surface area contributed by atoms with Gasteiger partial charge in [0.05, 0.1) is 22.7 Å². The van der Waals surface area contributed by atoms with Crippen molar-refractivity contribution in [1.29, 1.82) is 0 Å². The third-order valence-corrected chi connectivity index (χ3v) is 5.05. The molecule has 0 aliphatic heterocycles. The van der Waals surface area contributed by atoms with Crippen LogP contribution >= 0.6 is 0 Å². The van der Waals surface area contributed by atoms with Gasteiger partial charge in [-0.3, -0.25) is 9.40 Å². The summed E-state index contributed by atoms with van der Waals surface area (Å²) >= 11 is 0. The molecule has 1 unspecified atom stereocenters. The molecule has 1 aromatic heterocycles. The second-order valence-corrected chi connectivity index (χ2v) is 6.89. The second-order valence-electron chi connectivity index (χ2n) is 4.79. The van der Waals surface area contributed by atoms with Gasteiger partial charge in [-0.2, -0.15) is 5.10 Å². The van der Waals surface area contributed by atoms with E-state index in [0.717, 1.165) is 17.3 Å². The highest BCUT2D eigenvalue weighted by atomic mass is 32.2. The molecule has 2 aromatic rings. The Hall–Kier alpha value is -1.56. The zero-order valence-electron chi connectivity index (χ0n) is 11.4. The average molecular weight is 281 g/mol. The summed E-state index contributed by atoms with van der Waals surface area (Å²) in [4.78, 5) is 0. The minimum Gasteiger partial charge on any atom is -0.283 e. The molecule has 6 heteroatoms. The lowest BCUT2D eigenvalue weighted by Gasteiger charge is -2.14. The number of sulfonamides is 1. The molecule has 19 heavy (non-hydrogen) atoms. The molecule has 0 aliphatic rings. The maximum atomic E-state index is 12.1. The lowest BCUT2D eigenvalue weighted by molar-refractivity contribution is 0.581. The van der Waals surface area contributed by atoms with Crippen molar-refractivity contribution < 1.29 is 8.42 Å². The first kappa shape index (κ1) is 13.9. The second kappa shape index (κ2) is 5.21. The molecule has 1 atom stereocenters. The number of rotatable bonds is 5. The topological polar surface area (TPSA) is 64.0 Å². The molecule has 0 radical (unpaired) electrons. The van der Waals surface area contributed by atoms with Crippen molar-refractivity contribution in [3.8, 4) is 0 Å². The summed E-state index contributed by atoms with van der Waals surface area (Å²) in [5, 5.41) is 4.74. The van der Waals surface area contributed by atoms with Gasteiger partial charge in [-0.05, 0) is 31.5 Å². The fourth-order valence-corrected chi connectivity index (χ4v) is 3.24. The molecule has 2 rings (SSSR count). The van der Waals surface area contributed by atoms with E-state index in [-0.39, 0.29) is 5.25 Å². The summed E-state index contributed by atoms with van der Waals surface area (Å²) in [6.45, 7) is 3.71. The Balaban J connectivity index is 2.28. The fourth-order valence-electron chi connectivity index (χ4n) is 2.03. The molecule has 0 saturated heterocycles. The molecular formula is C13H19N3O2S. The van der Waals surface area contributed by atoms with Gasteiger partial charge in [0.25, 0.3) is 0 Å². The summed E-state index contributed by atoms with van der Waals surface area (Å²) in [6, 6.07) is 5.43. The third-order valence-electron chi connectivity index (χ3n) is 3.23. The predicted octanol–water partition coefficient (Wildman–Crippen LogP) is 2.50. The number of fused-ring (bicyclic) bond motifs is 1. The Kier molecular flexibility index (Phi) is 3.80. The van der Waals surface area contributed by atoms with E-state index in [9.17, 15) is 8.42 Å². The fraction of sp³-hybridized carbons (Fsp3) is 0.462. The van der Waals surface area contributed by atoms with Crippen LogP contribution in [0.5, 0.6) is 0 Å². The van der Waals surface area contributed by atoms with Crippen molar-refractivity contribution in [1.82, 2.24) is 9.78 Å². The van der Waals surface area contributed by atoms with Gasteiger partial charge in [0.1, 0.15) is 0 Å². The maximum Gasteiger partial charge on any atom is 0.235 e. The van der Waals surface area contributed by atoms with Crippen molar-refractivity contribution >= 4 is 26.6 Å². The van der Waals surface area contributed by atoms with Crippen molar-refractivity contribution in [3.63, 3.8) is 0 Å². The smallest absolute Gasteiger partial charge is 0.235 e. The number of nitrogens with zero attached hydrogens (tertiary/aromatic N) is 2. The van der Waals surface area contributed by atoms with Gasteiger partial charge in [0.2, 0.25) is 10.0 Å². The molecule has 0 fully saturated rings. The third kappa shape index (κ3) is 2.89. The molecule has 0 spiro atoms. The van der Waals surface area contributed by atoms with E-state index in [1.807, 2.05) is 20.0 Å². The van der Waals surface area contributed by atoms with Crippen molar-refractivity contribution in [2.45, 2.75) is 31.9 Å². The van der Waals surface area contributed by atoms with Crippen LogP contribution in [0.15, 0.2) is 24.4 Å². The minimum absolute atomic E-state index is 0.389. The Morgan fingerprint density at radius 3 is 2.84 bits per heavy atom. The molecule has 0 aliphatic carbocycles. The van der Waals surface area contributed by atoms with Gasteiger partial charge in [0.15, 0.2) is 0 Å². The van der Waals surface area contributed by atoms with Gasteiger partial charge >= 0.3 is 0 Å². The van der Waals surface area contributed by atoms with E-state index < -0.39 is 10.0 Å². The molecule has 1 aromatic carbocycles. The average Bonchev–Trinajstić information content (AvgIpc) is 2.71. The number of benzene rings is 1. The normalized spacial score (nSPS) is 13.6. The SMILES string of the molecule is CCCC(C)S(=O)(=O)Nc1ccc2cnn(C)c2c1. The molecule has 0 saturated carbocycles. The first-order chi connectivity index (χ1) is 8.94. The van der Waals surface area contributed by atoms with Crippen molar-refractivity contribution in [2.24, 2.45) is 7.05 Å². The maximum absolute atomic E-state index is 12.1. The van der Waals surface area contributed by atoms with Crippen LogP contribution in [0.3, 0.4) is 0 Å². The Morgan fingerprint density at radius 2 is 2.16 bits per heavy atom. The zero-order valence-corrected chi connectivity index (χ0v) is 12.2. The molecule has 5 nitrogen and oxygen atoms in total. The first-order valence-corrected chi connectivity index (χ1v) is 7.92. The van der Waals surface area contributed by atoms with Crippen LogP contribution in [0, 0.1) is 0 Å². The lowest BCUT2D eigenvalue weighted by Crippen LogP contribution is -2.25. The summed E-state index contributed by atoms with van der Waals surface area (Å²) in [5.41, 5.74) is 1.49. The van der Waals surface area contributed by atoms with Crippen LogP contribution in [-0.2, 0) is 17.1 Å². The van der Waals surface area contributed by atoms with Crippen molar-refractivity contribution in [3.05, 3.63) is 24.4 Å². The molecule has 1 heterocycles. The molecule has 0 bridgehead atoms. The summed E-state index contributed by atoms with van der Waals surface area (Å²) in [7, 11) is -1.49. The summed E-state index contributed by atoms with van der Waals surface area (Å²) < 4.78 is 28.6. The lowest BCUT2D eigenvalue weighted by atomic mass is 10.2. The highest BCUT2D eigenvalue weighted by Gasteiger charge is 2.19. The minimum atomic E-state index is -3.32. The highest BCUT2D eigenvalue weighted by molar-refractivity contribution is 7.93. The molecular weight excluding hydrogens is 262 g/mol. The number of hydrogen-bond acceptors (Lipinski definition) is 3. The summed E-state index contributed by atoms with van der Waals surface area (Å²) in [5.74, 6) is 0. The Morgan fingerprint density at radius 1 is 1.42 bits per heavy atom. The van der Waals surface area contributed by atoms with Gasteiger partial charge in [-0.15, -0.1) is 0 Å². The molecule has 104 valence electrons. The van der Waals surface area contributed by atoms with Crippen LogP contribution < -0.4 is 4.72 Å². The first-order valence-electron chi connectivity index (χ1n) is 6.37. The number of hydrogen-bond donors (Lipinski definition) is 1. The predicted molar refractivity (Wildman–Crippen MR) is 77.6 cm³/mol. The monoisotopic (exact) mass is 281 g/mol. The van der Waals surface area contributed by atoms with E-state index in [0.29, 0.717) is 12.1 Å². The van der Waals surface area contributed by atoms with Crippen LogP contribution in [0.1, 0.15) is 26.7 Å². The summed E-state index contributed by atoms with van der Waals surface area (Å²) in [6.07, 6.45) is 3.26. The van der Waals surface area contributed by atoms with E-state index in [2.05, 4.69) is 9.82 Å². The largest absolute Gasteiger partial charge is 0.283 e. The van der Waals surface area contributed by atoms with E-state index in [1.165, 1.54) is 0 Å². The number of anilines is 1. The Bertz CT molecular complexity index is 676. The molecule has 0 amide bonds. The number of aromatic nitrogens is 2. The quantitative estimate of drug-likeness (QED) is 0.915. The zero-order chi connectivity index (χ0) is 14.0. The Labute approximate surface area is 113 Å². The van der Waals surface area contributed by atoms with Crippen LogP contribution in [-0.4, -0.2) is 23.4 Å². The molecule has 1 N–H and O–H groups in total. The van der Waals surface area contributed by atoms with Crippen LogP contribution in [0.2, 0.25) is 0 Å². The van der Waals surface area contributed by atoms with Crippen molar-refractivity contribution in [2.75, 3.05) is 4.72 Å². The van der Waals surface area contributed by atoms with E-state index in [4.69, 9.17) is 0 Å². The van der Waals surface area contributed by atoms with E-state index >= 15 is 0 Å². The number of nitrogens with one attached hydrogen (secondary N) is 1. The standard InChI is InChI=1S/C13H19N3O2S/c1-4-5-10(2)19(17,18)15-12-7-6-11-9-14-16(3)13(11)8-12/h6-10,15H,4-5H2,1-3H3. The van der Waals surface area contributed by atoms with Gasteiger partial charge in [-0.25, -0.2) is 8.42 Å². The van der Waals surface area contributed by atoms with Gasteiger partial charge < -0.3 is 0 Å². The van der Waals surface area contributed by atoms with E-state index in [1.54, 1.807) is 29.9 Å². The number of aryl methyl sites for hydroxylation is 1. The van der Waals surface area contributed by atoms with Crippen LogP contribution in [0.25, 0.3) is 10.9 Å².